The van der Waals surface area contributed by atoms with Gasteiger partial charge >= 0.3 is 0 Å². The Labute approximate surface area is 112 Å². The first-order valence-electron chi connectivity index (χ1n) is 5.93. The number of aryl methyl sites for hydroxylation is 3. The second-order valence-electron chi connectivity index (χ2n) is 4.46. The monoisotopic (exact) mass is 267 g/mol. The molecule has 1 unspecified atom stereocenters. The van der Waals surface area contributed by atoms with E-state index in [1.807, 2.05) is 34.0 Å². The lowest BCUT2D eigenvalue weighted by Gasteiger charge is -2.15. The van der Waals surface area contributed by atoms with E-state index in [4.69, 9.17) is 16.0 Å². The summed E-state index contributed by atoms with van der Waals surface area (Å²) in [5.74, 6) is 0.937. The van der Waals surface area contributed by atoms with Gasteiger partial charge in [-0.3, -0.25) is 4.68 Å². The van der Waals surface area contributed by atoms with Crippen molar-refractivity contribution in [1.82, 2.24) is 15.1 Å². The molecule has 4 nitrogen and oxygen atoms in total. The van der Waals surface area contributed by atoms with Gasteiger partial charge in [-0.15, -0.1) is 0 Å². The van der Waals surface area contributed by atoms with Crippen LogP contribution in [0.2, 0.25) is 5.15 Å². The molecule has 2 aromatic heterocycles. The van der Waals surface area contributed by atoms with Crippen molar-refractivity contribution in [2.75, 3.05) is 7.05 Å². The summed E-state index contributed by atoms with van der Waals surface area (Å²) in [5.41, 5.74) is 3.22. The van der Waals surface area contributed by atoms with Gasteiger partial charge in [0.25, 0.3) is 0 Å². The average Bonchev–Trinajstić information content (AvgIpc) is 2.84. The van der Waals surface area contributed by atoms with Gasteiger partial charge < -0.3 is 9.73 Å². The van der Waals surface area contributed by atoms with Crippen LogP contribution in [0.15, 0.2) is 16.7 Å². The molecular weight excluding hydrogens is 250 g/mol. The van der Waals surface area contributed by atoms with E-state index in [1.165, 1.54) is 0 Å². The standard InChI is InChI=1S/C13H18ClN3O/c1-8-11(13(14)17(4)16-8)7-12(15-3)10-5-6-18-9(10)2/h5-6,12,15H,7H2,1-4H3. The fraction of sp³-hybridized carbons (Fsp3) is 0.462. The van der Waals surface area contributed by atoms with Crippen LogP contribution in [0, 0.1) is 13.8 Å². The second kappa shape index (κ2) is 5.16. The molecule has 0 spiro atoms. The summed E-state index contributed by atoms with van der Waals surface area (Å²) in [6.45, 7) is 3.95. The third-order valence-electron chi connectivity index (χ3n) is 3.30. The Bertz CT molecular complexity index is 544. The van der Waals surface area contributed by atoms with Crippen molar-refractivity contribution in [2.24, 2.45) is 7.05 Å². The van der Waals surface area contributed by atoms with Gasteiger partial charge in [-0.1, -0.05) is 11.6 Å². The highest BCUT2D eigenvalue weighted by Gasteiger charge is 2.19. The predicted molar refractivity (Wildman–Crippen MR) is 71.9 cm³/mol. The van der Waals surface area contributed by atoms with E-state index in [-0.39, 0.29) is 6.04 Å². The maximum Gasteiger partial charge on any atom is 0.130 e. The van der Waals surface area contributed by atoms with Gasteiger partial charge in [0.05, 0.1) is 12.0 Å². The Kier molecular flexibility index (Phi) is 3.78. The van der Waals surface area contributed by atoms with E-state index in [9.17, 15) is 0 Å². The molecule has 2 heterocycles. The normalized spacial score (nSPS) is 12.9. The highest BCUT2D eigenvalue weighted by molar-refractivity contribution is 6.30. The summed E-state index contributed by atoms with van der Waals surface area (Å²) in [7, 11) is 3.80. The van der Waals surface area contributed by atoms with Crippen molar-refractivity contribution in [3.05, 3.63) is 40.1 Å². The number of nitrogens with one attached hydrogen (secondary N) is 1. The number of nitrogens with zero attached hydrogens (tertiary/aromatic N) is 2. The van der Waals surface area contributed by atoms with E-state index < -0.39 is 0 Å². The number of likely N-dealkylation sites (N-methyl/N-ethyl adjacent to an activating group) is 1. The lowest BCUT2D eigenvalue weighted by molar-refractivity contribution is 0.511. The number of rotatable bonds is 4. The first-order valence-corrected chi connectivity index (χ1v) is 6.31. The maximum absolute atomic E-state index is 6.27. The predicted octanol–water partition coefficient (Wildman–Crippen LogP) is 2.79. The van der Waals surface area contributed by atoms with E-state index in [2.05, 4.69) is 10.4 Å². The van der Waals surface area contributed by atoms with Crippen LogP contribution in [-0.2, 0) is 13.5 Å². The van der Waals surface area contributed by atoms with Crippen molar-refractivity contribution in [1.29, 1.82) is 0 Å². The molecule has 1 atom stereocenters. The minimum absolute atomic E-state index is 0.184. The molecule has 5 heteroatoms. The molecule has 0 saturated heterocycles. The first-order chi connectivity index (χ1) is 8.54. The molecule has 1 N–H and O–H groups in total. The van der Waals surface area contributed by atoms with Gasteiger partial charge in [-0.25, -0.2) is 0 Å². The van der Waals surface area contributed by atoms with Crippen LogP contribution in [0.25, 0.3) is 0 Å². The van der Waals surface area contributed by atoms with Crippen LogP contribution in [0.3, 0.4) is 0 Å². The van der Waals surface area contributed by atoms with Crippen molar-refractivity contribution in [2.45, 2.75) is 26.3 Å². The minimum atomic E-state index is 0.184. The molecule has 0 bridgehead atoms. The molecular formula is C13H18ClN3O. The van der Waals surface area contributed by atoms with Gasteiger partial charge in [0.15, 0.2) is 0 Å². The zero-order chi connectivity index (χ0) is 13.3. The average molecular weight is 268 g/mol. The van der Waals surface area contributed by atoms with E-state index in [0.717, 1.165) is 29.0 Å². The van der Waals surface area contributed by atoms with Gasteiger partial charge in [-0.2, -0.15) is 5.10 Å². The molecule has 0 fully saturated rings. The van der Waals surface area contributed by atoms with Crippen molar-refractivity contribution in [3.8, 4) is 0 Å². The summed E-state index contributed by atoms with van der Waals surface area (Å²) in [5, 5.41) is 8.34. The molecule has 0 saturated carbocycles. The summed E-state index contributed by atoms with van der Waals surface area (Å²) >= 11 is 6.27. The molecule has 0 radical (unpaired) electrons. The third-order valence-corrected chi connectivity index (χ3v) is 3.77. The number of hydrogen-bond acceptors (Lipinski definition) is 3. The Hall–Kier alpha value is -1.26. The summed E-state index contributed by atoms with van der Waals surface area (Å²) in [6, 6.07) is 2.18. The van der Waals surface area contributed by atoms with E-state index >= 15 is 0 Å². The van der Waals surface area contributed by atoms with Crippen LogP contribution < -0.4 is 5.32 Å². The zero-order valence-electron chi connectivity index (χ0n) is 11.1. The lowest BCUT2D eigenvalue weighted by Crippen LogP contribution is -2.19. The Morgan fingerprint density at radius 3 is 2.67 bits per heavy atom. The Balaban J connectivity index is 2.29. The first kappa shape index (κ1) is 13.2. The number of aromatic nitrogens is 2. The fourth-order valence-corrected chi connectivity index (χ4v) is 2.49. The number of hydrogen-bond donors (Lipinski definition) is 1. The molecule has 98 valence electrons. The van der Waals surface area contributed by atoms with Gasteiger partial charge in [0, 0.05) is 24.2 Å². The molecule has 2 rings (SSSR count). The highest BCUT2D eigenvalue weighted by atomic mass is 35.5. The van der Waals surface area contributed by atoms with Crippen LogP contribution in [-0.4, -0.2) is 16.8 Å². The van der Waals surface area contributed by atoms with Gasteiger partial charge in [0.1, 0.15) is 10.9 Å². The van der Waals surface area contributed by atoms with Crippen LogP contribution in [0.1, 0.15) is 28.6 Å². The highest BCUT2D eigenvalue weighted by Crippen LogP contribution is 2.27. The largest absolute Gasteiger partial charge is 0.469 e. The number of furan rings is 1. The van der Waals surface area contributed by atoms with E-state index in [0.29, 0.717) is 5.15 Å². The van der Waals surface area contributed by atoms with Crippen molar-refractivity contribution < 1.29 is 4.42 Å². The lowest BCUT2D eigenvalue weighted by atomic mass is 10.00. The maximum atomic E-state index is 6.27. The van der Waals surface area contributed by atoms with Crippen molar-refractivity contribution >= 4 is 11.6 Å². The summed E-state index contributed by atoms with van der Waals surface area (Å²) < 4.78 is 7.07. The molecule has 0 aliphatic rings. The topological polar surface area (TPSA) is 43.0 Å². The smallest absolute Gasteiger partial charge is 0.130 e. The second-order valence-corrected chi connectivity index (χ2v) is 4.81. The zero-order valence-corrected chi connectivity index (χ0v) is 11.9. The van der Waals surface area contributed by atoms with Gasteiger partial charge in [-0.05, 0) is 33.4 Å². The minimum Gasteiger partial charge on any atom is -0.469 e. The van der Waals surface area contributed by atoms with Crippen LogP contribution in [0.4, 0.5) is 0 Å². The molecule has 0 aliphatic heterocycles. The Morgan fingerprint density at radius 1 is 1.50 bits per heavy atom. The molecule has 0 amide bonds. The van der Waals surface area contributed by atoms with Crippen LogP contribution >= 0.6 is 11.6 Å². The summed E-state index contributed by atoms with van der Waals surface area (Å²) in [4.78, 5) is 0. The van der Waals surface area contributed by atoms with Crippen molar-refractivity contribution in [3.63, 3.8) is 0 Å². The molecule has 18 heavy (non-hydrogen) atoms. The third kappa shape index (κ3) is 2.31. The quantitative estimate of drug-likeness (QED) is 0.926. The fourth-order valence-electron chi connectivity index (χ4n) is 2.23. The molecule has 2 aromatic rings. The molecule has 0 aliphatic carbocycles. The van der Waals surface area contributed by atoms with E-state index in [1.54, 1.807) is 10.9 Å². The summed E-state index contributed by atoms with van der Waals surface area (Å²) in [6.07, 6.45) is 2.52. The van der Waals surface area contributed by atoms with Gasteiger partial charge in [0.2, 0.25) is 0 Å². The Morgan fingerprint density at radius 2 is 2.22 bits per heavy atom. The van der Waals surface area contributed by atoms with Crippen LogP contribution in [0.5, 0.6) is 0 Å². The SMILES string of the molecule is CNC(Cc1c(C)nn(C)c1Cl)c1ccoc1C. The number of halogens is 1. The molecule has 0 aromatic carbocycles.